The number of benzene rings is 1. The number of para-hydroxylation sites is 1. The van der Waals surface area contributed by atoms with Crippen LogP contribution in [0.2, 0.25) is 0 Å². The van der Waals surface area contributed by atoms with Gasteiger partial charge in [-0.1, -0.05) is 12.1 Å². The summed E-state index contributed by atoms with van der Waals surface area (Å²) in [6.45, 7) is 6.85. The van der Waals surface area contributed by atoms with E-state index in [2.05, 4.69) is 43.1 Å². The molecule has 0 saturated heterocycles. The molecule has 1 N–H and O–H groups in total. The maximum Gasteiger partial charge on any atom is 0.146 e. The molecule has 1 aromatic rings. The van der Waals surface area contributed by atoms with Crippen molar-refractivity contribution in [3.63, 3.8) is 0 Å². The molecule has 0 aromatic heterocycles. The Kier molecular flexibility index (Phi) is 6.96. The summed E-state index contributed by atoms with van der Waals surface area (Å²) in [6.07, 6.45) is 1.03. The summed E-state index contributed by atoms with van der Waals surface area (Å²) in [4.78, 5) is 4.30. The molecule has 0 amide bonds. The van der Waals surface area contributed by atoms with Gasteiger partial charge in [0.05, 0.1) is 5.69 Å². The first-order valence-electron chi connectivity index (χ1n) is 7.36. The minimum atomic E-state index is -0.128. The Hall–Kier alpha value is -1.13. The Balaban J connectivity index is 2.95. The quantitative estimate of drug-likeness (QED) is 0.790. The molecule has 0 heterocycles. The summed E-state index contributed by atoms with van der Waals surface area (Å²) in [5.74, 6) is -0.128. The number of hydrogen-bond donors (Lipinski definition) is 1. The highest BCUT2D eigenvalue weighted by Crippen LogP contribution is 2.29. The molecule has 114 valence electrons. The number of halogens is 1. The van der Waals surface area contributed by atoms with Crippen molar-refractivity contribution in [2.75, 3.05) is 45.7 Å². The van der Waals surface area contributed by atoms with E-state index in [-0.39, 0.29) is 11.9 Å². The van der Waals surface area contributed by atoms with Crippen LogP contribution in [0.25, 0.3) is 0 Å². The Morgan fingerprint density at radius 1 is 1.25 bits per heavy atom. The molecule has 4 heteroatoms. The van der Waals surface area contributed by atoms with Gasteiger partial charge in [0.25, 0.3) is 0 Å². The van der Waals surface area contributed by atoms with Crippen molar-refractivity contribution in [3.8, 4) is 0 Å². The number of hydrogen-bond acceptors (Lipinski definition) is 3. The maximum absolute atomic E-state index is 14.3. The molecule has 1 unspecified atom stereocenters. The topological polar surface area (TPSA) is 18.5 Å². The molecule has 0 radical (unpaired) electrons. The van der Waals surface area contributed by atoms with Crippen molar-refractivity contribution in [2.24, 2.45) is 0 Å². The van der Waals surface area contributed by atoms with Crippen molar-refractivity contribution < 1.29 is 4.39 Å². The summed E-state index contributed by atoms with van der Waals surface area (Å²) in [5, 5.41) is 3.20. The standard InChI is InChI=1S/C16H28FN3/c1-6-20(12-8-11-19(4)5)16-14(13(2)18-3)9-7-10-15(16)17/h7,9-10,13,18H,6,8,11-12H2,1-5H3. The predicted octanol–water partition coefficient (Wildman–Crippen LogP) is 2.88. The van der Waals surface area contributed by atoms with Crippen LogP contribution in [0, 0.1) is 5.82 Å². The maximum atomic E-state index is 14.3. The van der Waals surface area contributed by atoms with E-state index < -0.39 is 0 Å². The molecular weight excluding hydrogens is 253 g/mol. The first kappa shape index (κ1) is 16.9. The molecule has 0 fully saturated rings. The molecule has 1 aromatic carbocycles. The Morgan fingerprint density at radius 2 is 1.95 bits per heavy atom. The van der Waals surface area contributed by atoms with Crippen LogP contribution < -0.4 is 10.2 Å². The SMILES string of the molecule is CCN(CCCN(C)C)c1c(F)cccc1C(C)NC. The lowest BCUT2D eigenvalue weighted by Crippen LogP contribution is -2.30. The minimum absolute atomic E-state index is 0.128. The van der Waals surface area contributed by atoms with Gasteiger partial charge in [-0.25, -0.2) is 4.39 Å². The summed E-state index contributed by atoms with van der Waals surface area (Å²) in [7, 11) is 6.03. The van der Waals surface area contributed by atoms with E-state index in [1.807, 2.05) is 13.1 Å². The highest BCUT2D eigenvalue weighted by molar-refractivity contribution is 5.56. The summed E-state index contributed by atoms with van der Waals surface area (Å²) >= 11 is 0. The average Bonchev–Trinajstić information content (AvgIpc) is 2.43. The van der Waals surface area contributed by atoms with Crippen molar-refractivity contribution in [3.05, 3.63) is 29.6 Å². The van der Waals surface area contributed by atoms with E-state index in [9.17, 15) is 4.39 Å². The van der Waals surface area contributed by atoms with Gasteiger partial charge in [0, 0.05) is 19.1 Å². The zero-order valence-corrected chi connectivity index (χ0v) is 13.4. The van der Waals surface area contributed by atoms with Crippen LogP contribution in [0.3, 0.4) is 0 Å². The van der Waals surface area contributed by atoms with Crippen LogP contribution >= 0.6 is 0 Å². The van der Waals surface area contributed by atoms with Gasteiger partial charge in [-0.05, 0) is 59.6 Å². The summed E-state index contributed by atoms with van der Waals surface area (Å²) < 4.78 is 14.3. The normalized spacial score (nSPS) is 12.8. The van der Waals surface area contributed by atoms with Crippen molar-refractivity contribution in [2.45, 2.75) is 26.3 Å². The molecule has 20 heavy (non-hydrogen) atoms. The number of anilines is 1. The first-order chi connectivity index (χ1) is 9.51. The lowest BCUT2D eigenvalue weighted by molar-refractivity contribution is 0.400. The molecule has 0 aliphatic rings. The summed E-state index contributed by atoms with van der Waals surface area (Å²) in [5.41, 5.74) is 1.77. The Bertz CT molecular complexity index is 407. The van der Waals surface area contributed by atoms with Crippen LogP contribution in [0.1, 0.15) is 31.9 Å². The van der Waals surface area contributed by atoms with Gasteiger partial charge in [-0.15, -0.1) is 0 Å². The monoisotopic (exact) mass is 281 g/mol. The first-order valence-corrected chi connectivity index (χ1v) is 7.36. The lowest BCUT2D eigenvalue weighted by atomic mass is 10.0. The largest absolute Gasteiger partial charge is 0.369 e. The zero-order valence-electron chi connectivity index (χ0n) is 13.4. The zero-order chi connectivity index (χ0) is 15.1. The second-order valence-electron chi connectivity index (χ2n) is 5.42. The van der Waals surface area contributed by atoms with E-state index in [1.54, 1.807) is 12.1 Å². The highest BCUT2D eigenvalue weighted by atomic mass is 19.1. The van der Waals surface area contributed by atoms with Gasteiger partial charge < -0.3 is 15.1 Å². The third-order valence-electron chi connectivity index (χ3n) is 3.65. The third-order valence-corrected chi connectivity index (χ3v) is 3.65. The van der Waals surface area contributed by atoms with Crippen molar-refractivity contribution in [1.82, 2.24) is 10.2 Å². The smallest absolute Gasteiger partial charge is 0.146 e. The number of nitrogens with zero attached hydrogens (tertiary/aromatic N) is 2. The van der Waals surface area contributed by atoms with Gasteiger partial charge >= 0.3 is 0 Å². The van der Waals surface area contributed by atoms with E-state index in [0.29, 0.717) is 0 Å². The van der Waals surface area contributed by atoms with E-state index >= 15 is 0 Å². The molecule has 0 spiro atoms. The molecule has 0 aliphatic carbocycles. The fourth-order valence-corrected chi connectivity index (χ4v) is 2.38. The van der Waals surface area contributed by atoms with Crippen LogP contribution in [0.4, 0.5) is 10.1 Å². The second kappa shape index (κ2) is 8.22. The summed E-state index contributed by atoms with van der Waals surface area (Å²) in [6, 6.07) is 5.49. The number of nitrogens with one attached hydrogen (secondary N) is 1. The van der Waals surface area contributed by atoms with Gasteiger partial charge in [0.15, 0.2) is 0 Å². The van der Waals surface area contributed by atoms with E-state index in [1.165, 1.54) is 0 Å². The third kappa shape index (κ3) is 4.46. The van der Waals surface area contributed by atoms with Crippen LogP contribution in [0.5, 0.6) is 0 Å². The molecule has 0 bridgehead atoms. The Labute approximate surface area is 122 Å². The highest BCUT2D eigenvalue weighted by Gasteiger charge is 2.17. The Morgan fingerprint density at radius 3 is 2.50 bits per heavy atom. The lowest BCUT2D eigenvalue weighted by Gasteiger charge is -2.28. The predicted molar refractivity (Wildman–Crippen MR) is 84.9 cm³/mol. The van der Waals surface area contributed by atoms with Crippen molar-refractivity contribution >= 4 is 5.69 Å². The molecule has 1 rings (SSSR count). The second-order valence-corrected chi connectivity index (χ2v) is 5.42. The molecular formula is C16H28FN3. The molecule has 0 aliphatic heterocycles. The van der Waals surface area contributed by atoms with Crippen molar-refractivity contribution in [1.29, 1.82) is 0 Å². The van der Waals surface area contributed by atoms with Gasteiger partial charge in [-0.3, -0.25) is 0 Å². The van der Waals surface area contributed by atoms with Gasteiger partial charge in [0.2, 0.25) is 0 Å². The average molecular weight is 281 g/mol. The molecule has 1 atom stereocenters. The minimum Gasteiger partial charge on any atom is -0.369 e. The van der Waals surface area contributed by atoms with E-state index in [4.69, 9.17) is 0 Å². The number of rotatable bonds is 8. The van der Waals surface area contributed by atoms with Crippen LogP contribution in [0.15, 0.2) is 18.2 Å². The molecule has 3 nitrogen and oxygen atoms in total. The van der Waals surface area contributed by atoms with Gasteiger partial charge in [-0.2, -0.15) is 0 Å². The fourth-order valence-electron chi connectivity index (χ4n) is 2.38. The van der Waals surface area contributed by atoms with Gasteiger partial charge in [0.1, 0.15) is 5.82 Å². The fraction of sp³-hybridized carbons (Fsp3) is 0.625. The molecule has 0 saturated carbocycles. The van der Waals surface area contributed by atoms with Crippen LogP contribution in [-0.2, 0) is 0 Å². The van der Waals surface area contributed by atoms with Crippen LogP contribution in [-0.4, -0.2) is 45.7 Å². The van der Waals surface area contributed by atoms with E-state index in [0.717, 1.165) is 37.3 Å².